The van der Waals surface area contributed by atoms with E-state index in [1.165, 1.54) is 38.5 Å². The predicted molar refractivity (Wildman–Crippen MR) is 139 cm³/mol. The number of hydrogen-bond donors (Lipinski definition) is 2. The van der Waals surface area contributed by atoms with Gasteiger partial charge in [0.1, 0.15) is 0 Å². The third-order valence-corrected chi connectivity index (χ3v) is 6.80. The van der Waals surface area contributed by atoms with E-state index >= 15 is 0 Å². The van der Waals surface area contributed by atoms with E-state index in [1.54, 1.807) is 0 Å². The zero-order chi connectivity index (χ0) is 25.7. The largest absolute Gasteiger partial charge is 0.370 e. The van der Waals surface area contributed by atoms with Gasteiger partial charge in [-0.15, -0.1) is 0 Å². The Morgan fingerprint density at radius 3 is 1.09 bits per heavy atom. The summed E-state index contributed by atoms with van der Waals surface area (Å²) in [6.07, 6.45) is 18.3. The summed E-state index contributed by atoms with van der Waals surface area (Å²) in [5.41, 5.74) is 10.1. The van der Waals surface area contributed by atoms with Crippen molar-refractivity contribution in [1.82, 2.24) is 9.80 Å². The van der Waals surface area contributed by atoms with Crippen LogP contribution >= 0.6 is 0 Å². The third kappa shape index (κ3) is 17.0. The molecular formula is C27H50N4O4. The SMILES string of the molecule is NC(=O)CCCCC(=O)N1CCCCCC1.NC(=O)CCCCCCCC(=O)N1CCCCCC1. The molecular weight excluding hydrogens is 444 g/mol. The Labute approximate surface area is 212 Å². The molecule has 35 heavy (non-hydrogen) atoms. The number of primary amides is 2. The van der Waals surface area contributed by atoms with E-state index in [1.807, 2.05) is 9.80 Å². The average Bonchev–Trinajstić information content (AvgIpc) is 3.27. The van der Waals surface area contributed by atoms with Gasteiger partial charge in [-0.2, -0.15) is 0 Å². The van der Waals surface area contributed by atoms with Gasteiger partial charge in [0, 0.05) is 51.9 Å². The van der Waals surface area contributed by atoms with Crippen molar-refractivity contribution in [3.8, 4) is 0 Å². The molecule has 0 aromatic rings. The molecule has 0 radical (unpaired) electrons. The predicted octanol–water partition coefficient (Wildman–Crippen LogP) is 4.04. The standard InChI is InChI=1S/C15H28N2O2.C12H22N2O2/c16-14(18)10-6-2-1-3-7-11-15(19)17-12-8-4-5-9-13-17;13-11(15)7-3-4-8-12(16)14-9-5-1-2-6-10-14/h1-13H2,(H2,16,18);1-10H2,(H2,13,15). The molecule has 8 heteroatoms. The quantitative estimate of drug-likeness (QED) is 0.375. The Morgan fingerprint density at radius 1 is 0.429 bits per heavy atom. The molecule has 0 spiro atoms. The number of carbonyl (C=O) groups is 4. The number of hydrogen-bond acceptors (Lipinski definition) is 4. The van der Waals surface area contributed by atoms with Gasteiger partial charge in [0.2, 0.25) is 23.6 Å². The minimum absolute atomic E-state index is 0.212. The van der Waals surface area contributed by atoms with Crippen LogP contribution in [0.4, 0.5) is 0 Å². The Balaban J connectivity index is 0.000000355. The fraction of sp³-hybridized carbons (Fsp3) is 0.852. The van der Waals surface area contributed by atoms with Crippen molar-refractivity contribution >= 4 is 23.6 Å². The molecule has 0 unspecified atom stereocenters. The number of rotatable bonds is 13. The summed E-state index contributed by atoms with van der Waals surface area (Å²) in [4.78, 5) is 48.9. The number of amides is 4. The molecule has 2 saturated heterocycles. The van der Waals surface area contributed by atoms with Gasteiger partial charge < -0.3 is 21.3 Å². The second-order valence-electron chi connectivity index (χ2n) is 10.00. The van der Waals surface area contributed by atoms with Crippen LogP contribution in [-0.4, -0.2) is 59.6 Å². The fourth-order valence-electron chi connectivity index (χ4n) is 4.64. The number of nitrogens with zero attached hydrogens (tertiary/aromatic N) is 2. The monoisotopic (exact) mass is 494 g/mol. The second kappa shape index (κ2) is 20.1. The highest BCUT2D eigenvalue weighted by Gasteiger charge is 2.15. The zero-order valence-corrected chi connectivity index (χ0v) is 21.9. The number of carbonyl (C=O) groups excluding carboxylic acids is 4. The van der Waals surface area contributed by atoms with E-state index < -0.39 is 0 Å². The van der Waals surface area contributed by atoms with Crippen LogP contribution in [0, 0.1) is 0 Å². The number of nitrogens with two attached hydrogens (primary N) is 2. The van der Waals surface area contributed by atoms with Crippen LogP contribution in [0.2, 0.25) is 0 Å². The van der Waals surface area contributed by atoms with Gasteiger partial charge in [-0.1, -0.05) is 44.9 Å². The number of likely N-dealkylation sites (tertiary alicyclic amines) is 2. The zero-order valence-electron chi connectivity index (χ0n) is 21.9. The molecule has 2 heterocycles. The summed E-state index contributed by atoms with van der Waals surface area (Å²) in [7, 11) is 0. The first-order chi connectivity index (χ1) is 16.9. The molecule has 2 aliphatic heterocycles. The van der Waals surface area contributed by atoms with Crippen LogP contribution in [0.25, 0.3) is 0 Å². The van der Waals surface area contributed by atoms with Crippen LogP contribution < -0.4 is 11.5 Å². The van der Waals surface area contributed by atoms with Crippen molar-refractivity contribution in [2.75, 3.05) is 26.2 Å². The van der Waals surface area contributed by atoms with Crippen LogP contribution in [0.3, 0.4) is 0 Å². The molecule has 2 aliphatic rings. The molecule has 0 aliphatic carbocycles. The minimum atomic E-state index is -0.276. The molecule has 4 N–H and O–H groups in total. The van der Waals surface area contributed by atoms with Crippen molar-refractivity contribution in [3.05, 3.63) is 0 Å². The van der Waals surface area contributed by atoms with Gasteiger partial charge in [-0.3, -0.25) is 19.2 Å². The molecule has 8 nitrogen and oxygen atoms in total. The molecule has 2 fully saturated rings. The third-order valence-electron chi connectivity index (χ3n) is 6.80. The maximum atomic E-state index is 12.0. The molecule has 0 aromatic heterocycles. The first-order valence-corrected chi connectivity index (χ1v) is 14.0. The summed E-state index contributed by atoms with van der Waals surface area (Å²) in [5.74, 6) is 0.0870. The topological polar surface area (TPSA) is 127 Å². The lowest BCUT2D eigenvalue weighted by molar-refractivity contribution is -0.132. The Bertz CT molecular complexity index is 610. The Hall–Kier alpha value is -2.12. The molecule has 0 atom stereocenters. The molecule has 2 rings (SSSR count). The van der Waals surface area contributed by atoms with Crippen LogP contribution in [0.5, 0.6) is 0 Å². The lowest BCUT2D eigenvalue weighted by atomic mass is 10.1. The fourth-order valence-corrected chi connectivity index (χ4v) is 4.64. The van der Waals surface area contributed by atoms with Crippen molar-refractivity contribution in [3.63, 3.8) is 0 Å². The van der Waals surface area contributed by atoms with Gasteiger partial charge in [0.15, 0.2) is 0 Å². The van der Waals surface area contributed by atoms with Crippen molar-refractivity contribution < 1.29 is 19.2 Å². The van der Waals surface area contributed by atoms with Gasteiger partial charge in [-0.05, 0) is 51.4 Å². The molecule has 202 valence electrons. The van der Waals surface area contributed by atoms with Crippen molar-refractivity contribution in [1.29, 1.82) is 0 Å². The van der Waals surface area contributed by atoms with Gasteiger partial charge in [-0.25, -0.2) is 0 Å². The molecule has 4 amide bonds. The molecule has 0 aromatic carbocycles. The van der Waals surface area contributed by atoms with E-state index in [4.69, 9.17) is 11.5 Å². The highest BCUT2D eigenvalue weighted by molar-refractivity contribution is 5.77. The van der Waals surface area contributed by atoms with Crippen LogP contribution in [0.1, 0.15) is 122 Å². The highest BCUT2D eigenvalue weighted by Crippen LogP contribution is 2.14. The normalized spacial score (nSPS) is 16.5. The lowest BCUT2D eigenvalue weighted by Gasteiger charge is -2.20. The van der Waals surface area contributed by atoms with Crippen LogP contribution in [-0.2, 0) is 19.2 Å². The lowest BCUT2D eigenvalue weighted by Crippen LogP contribution is -2.31. The van der Waals surface area contributed by atoms with Crippen molar-refractivity contribution in [2.45, 2.75) is 122 Å². The van der Waals surface area contributed by atoms with E-state index in [0.717, 1.165) is 84.0 Å². The van der Waals surface area contributed by atoms with E-state index in [2.05, 4.69) is 0 Å². The summed E-state index contributed by atoms with van der Waals surface area (Å²) in [6.45, 7) is 3.73. The smallest absolute Gasteiger partial charge is 0.222 e. The summed E-state index contributed by atoms with van der Waals surface area (Å²) in [6, 6.07) is 0. The van der Waals surface area contributed by atoms with Gasteiger partial charge in [0.25, 0.3) is 0 Å². The van der Waals surface area contributed by atoms with E-state index in [-0.39, 0.29) is 17.7 Å². The highest BCUT2D eigenvalue weighted by atomic mass is 16.2. The van der Waals surface area contributed by atoms with E-state index in [0.29, 0.717) is 31.6 Å². The van der Waals surface area contributed by atoms with E-state index in [9.17, 15) is 19.2 Å². The van der Waals surface area contributed by atoms with Crippen LogP contribution in [0.15, 0.2) is 0 Å². The summed E-state index contributed by atoms with van der Waals surface area (Å²) in [5, 5.41) is 0. The maximum absolute atomic E-state index is 12.0. The average molecular weight is 495 g/mol. The second-order valence-corrected chi connectivity index (χ2v) is 10.00. The molecule has 0 saturated carbocycles. The Morgan fingerprint density at radius 2 is 0.714 bits per heavy atom. The Kier molecular flexibility index (Phi) is 17.8. The summed E-state index contributed by atoms with van der Waals surface area (Å²) >= 11 is 0. The number of unbranched alkanes of at least 4 members (excludes halogenated alkanes) is 5. The van der Waals surface area contributed by atoms with Gasteiger partial charge >= 0.3 is 0 Å². The summed E-state index contributed by atoms with van der Waals surface area (Å²) < 4.78 is 0. The maximum Gasteiger partial charge on any atom is 0.222 e. The van der Waals surface area contributed by atoms with Crippen molar-refractivity contribution in [2.24, 2.45) is 11.5 Å². The minimum Gasteiger partial charge on any atom is -0.370 e. The first-order valence-electron chi connectivity index (χ1n) is 14.0. The van der Waals surface area contributed by atoms with Gasteiger partial charge in [0.05, 0.1) is 0 Å². The first kappa shape index (κ1) is 30.9. The molecule has 0 bridgehead atoms.